The van der Waals surface area contributed by atoms with Gasteiger partial charge < -0.3 is 9.72 Å². The lowest BCUT2D eigenvalue weighted by atomic mass is 9.97. The van der Waals surface area contributed by atoms with Gasteiger partial charge >= 0.3 is 5.97 Å². The Morgan fingerprint density at radius 2 is 2.40 bits per heavy atom. The summed E-state index contributed by atoms with van der Waals surface area (Å²) >= 11 is 1.29. The minimum atomic E-state index is -0.377. The minimum absolute atomic E-state index is 0.351. The molecule has 0 radical (unpaired) electrons. The molecule has 7 heteroatoms. The Bertz CT molecular complexity index is 781. The Labute approximate surface area is 120 Å². The lowest BCUT2D eigenvalue weighted by molar-refractivity contribution is 0.0526. The molecule has 3 heterocycles. The zero-order chi connectivity index (χ0) is 14.1. The molecular formula is C13H12BN3O2S. The molecule has 0 spiro atoms. The molecule has 100 valence electrons. The van der Waals surface area contributed by atoms with E-state index in [1.807, 2.05) is 25.6 Å². The van der Waals surface area contributed by atoms with Crippen molar-refractivity contribution in [3.05, 3.63) is 28.8 Å². The maximum Gasteiger partial charge on any atom is 0.367 e. The highest BCUT2D eigenvalue weighted by molar-refractivity contribution is 7.11. The number of pyridine rings is 1. The predicted octanol–water partition coefficient (Wildman–Crippen LogP) is 1.12. The summed E-state index contributed by atoms with van der Waals surface area (Å²) in [5, 5.41) is 3.24. The van der Waals surface area contributed by atoms with E-state index in [1.54, 1.807) is 6.92 Å². The zero-order valence-electron chi connectivity index (χ0n) is 11.1. The van der Waals surface area contributed by atoms with Crippen molar-refractivity contribution in [1.82, 2.24) is 15.0 Å². The Kier molecular flexibility index (Phi) is 3.27. The highest BCUT2D eigenvalue weighted by Gasteiger charge is 2.15. The molecule has 0 aliphatic carbocycles. The van der Waals surface area contributed by atoms with Crippen molar-refractivity contribution in [1.29, 1.82) is 0 Å². The number of H-pyrrole nitrogens is 1. The van der Waals surface area contributed by atoms with Crippen molar-refractivity contribution >= 4 is 41.6 Å². The normalized spacial score (nSPS) is 10.8. The van der Waals surface area contributed by atoms with Crippen LogP contribution in [0.15, 0.2) is 23.8 Å². The molecule has 3 aromatic heterocycles. The summed E-state index contributed by atoms with van der Waals surface area (Å²) in [6, 6.07) is 2.05. The van der Waals surface area contributed by atoms with E-state index >= 15 is 0 Å². The van der Waals surface area contributed by atoms with E-state index in [-0.39, 0.29) is 5.97 Å². The second-order valence-electron chi connectivity index (χ2n) is 4.37. The first kappa shape index (κ1) is 12.9. The maximum absolute atomic E-state index is 11.7. The summed E-state index contributed by atoms with van der Waals surface area (Å²) in [7, 11) is 1.99. The SMILES string of the molecule is Bc1cnc2[nH]cc(-c3csc(C(=O)OCC)n3)c2c1. The van der Waals surface area contributed by atoms with Crippen LogP contribution in [-0.2, 0) is 4.74 Å². The van der Waals surface area contributed by atoms with Gasteiger partial charge in [-0.3, -0.25) is 0 Å². The van der Waals surface area contributed by atoms with Crippen molar-refractivity contribution in [2.45, 2.75) is 6.92 Å². The average molecular weight is 285 g/mol. The number of rotatable bonds is 3. The third-order valence-electron chi connectivity index (χ3n) is 2.90. The number of aromatic nitrogens is 3. The molecule has 1 N–H and O–H groups in total. The first-order chi connectivity index (χ1) is 9.69. The van der Waals surface area contributed by atoms with Gasteiger partial charge in [0.25, 0.3) is 0 Å². The summed E-state index contributed by atoms with van der Waals surface area (Å²) in [5.74, 6) is -0.377. The van der Waals surface area contributed by atoms with Gasteiger partial charge in [-0.2, -0.15) is 0 Å². The van der Waals surface area contributed by atoms with Gasteiger partial charge in [-0.15, -0.1) is 11.3 Å². The van der Waals surface area contributed by atoms with Crippen LogP contribution >= 0.6 is 11.3 Å². The van der Waals surface area contributed by atoms with Crippen LogP contribution in [0.2, 0.25) is 0 Å². The first-order valence-corrected chi connectivity index (χ1v) is 7.13. The Morgan fingerprint density at radius 1 is 1.55 bits per heavy atom. The quantitative estimate of drug-likeness (QED) is 0.578. The van der Waals surface area contributed by atoms with Crippen LogP contribution in [0.1, 0.15) is 16.7 Å². The molecule has 0 amide bonds. The van der Waals surface area contributed by atoms with E-state index < -0.39 is 0 Å². The lowest BCUT2D eigenvalue weighted by Gasteiger charge is -1.97. The molecule has 0 saturated carbocycles. The predicted molar refractivity (Wildman–Crippen MR) is 81.3 cm³/mol. The molecule has 0 aliphatic heterocycles. The fraction of sp³-hybridized carbons (Fsp3) is 0.154. The number of aromatic amines is 1. The number of carbonyl (C=O) groups excluding carboxylic acids is 1. The van der Waals surface area contributed by atoms with E-state index in [4.69, 9.17) is 4.74 Å². The minimum Gasteiger partial charge on any atom is -0.461 e. The molecule has 0 atom stereocenters. The van der Waals surface area contributed by atoms with E-state index in [2.05, 4.69) is 21.0 Å². The van der Waals surface area contributed by atoms with Crippen molar-refractivity contribution in [2.24, 2.45) is 0 Å². The molecule has 0 aromatic carbocycles. The fourth-order valence-corrected chi connectivity index (χ4v) is 2.71. The van der Waals surface area contributed by atoms with E-state index in [1.165, 1.54) is 11.3 Å². The molecule has 0 fully saturated rings. The highest BCUT2D eigenvalue weighted by atomic mass is 32.1. The van der Waals surface area contributed by atoms with Gasteiger partial charge in [-0.1, -0.05) is 11.5 Å². The summed E-state index contributed by atoms with van der Waals surface area (Å²) in [4.78, 5) is 23.4. The van der Waals surface area contributed by atoms with Crippen molar-refractivity contribution in [2.75, 3.05) is 6.61 Å². The lowest BCUT2D eigenvalue weighted by Crippen LogP contribution is -2.03. The highest BCUT2D eigenvalue weighted by Crippen LogP contribution is 2.28. The van der Waals surface area contributed by atoms with Crippen LogP contribution < -0.4 is 5.46 Å². The Morgan fingerprint density at radius 3 is 3.20 bits per heavy atom. The van der Waals surface area contributed by atoms with Gasteiger partial charge in [0, 0.05) is 28.7 Å². The van der Waals surface area contributed by atoms with Gasteiger partial charge in [-0.05, 0) is 6.92 Å². The van der Waals surface area contributed by atoms with Crippen LogP contribution in [0.25, 0.3) is 22.3 Å². The standard InChI is InChI=1S/C13H12BN3O2S/c1-2-19-13(18)12-17-10(6-20-12)9-5-16-11-8(9)3-7(14)4-15-11/h3-6H,2,14H2,1H3,(H,15,16). The van der Waals surface area contributed by atoms with Gasteiger partial charge in [0.2, 0.25) is 5.01 Å². The second kappa shape index (κ2) is 5.09. The van der Waals surface area contributed by atoms with E-state index in [0.29, 0.717) is 11.6 Å². The molecule has 3 aromatic rings. The summed E-state index contributed by atoms with van der Waals surface area (Å²) < 4.78 is 4.95. The number of thiazole rings is 1. The van der Waals surface area contributed by atoms with Crippen LogP contribution in [0.3, 0.4) is 0 Å². The molecule has 0 aliphatic rings. The van der Waals surface area contributed by atoms with Crippen molar-refractivity contribution in [3.8, 4) is 11.3 Å². The maximum atomic E-state index is 11.7. The number of ether oxygens (including phenoxy) is 1. The summed E-state index contributed by atoms with van der Waals surface area (Å²) in [6.07, 6.45) is 3.68. The van der Waals surface area contributed by atoms with Crippen LogP contribution in [0.5, 0.6) is 0 Å². The molecular weight excluding hydrogens is 273 g/mol. The number of esters is 1. The van der Waals surface area contributed by atoms with Gasteiger partial charge in [0.05, 0.1) is 12.3 Å². The largest absolute Gasteiger partial charge is 0.461 e. The number of nitrogens with one attached hydrogen (secondary N) is 1. The Balaban J connectivity index is 2.03. The number of hydrogen-bond acceptors (Lipinski definition) is 5. The van der Waals surface area contributed by atoms with Gasteiger partial charge in [-0.25, -0.2) is 14.8 Å². The van der Waals surface area contributed by atoms with Crippen LogP contribution in [0.4, 0.5) is 0 Å². The molecule has 3 rings (SSSR count). The van der Waals surface area contributed by atoms with Crippen LogP contribution in [-0.4, -0.2) is 35.4 Å². The summed E-state index contributed by atoms with van der Waals surface area (Å²) in [5.41, 5.74) is 3.61. The smallest absolute Gasteiger partial charge is 0.367 e. The van der Waals surface area contributed by atoms with Crippen LogP contribution in [0, 0.1) is 0 Å². The average Bonchev–Trinajstić information content (AvgIpc) is 3.04. The number of nitrogens with zero attached hydrogens (tertiary/aromatic N) is 2. The van der Waals surface area contributed by atoms with E-state index in [0.717, 1.165) is 27.8 Å². The third-order valence-corrected chi connectivity index (χ3v) is 3.72. The number of hydrogen-bond donors (Lipinski definition) is 1. The Hall–Kier alpha value is -2.15. The van der Waals surface area contributed by atoms with Gasteiger partial charge in [0.1, 0.15) is 13.5 Å². The van der Waals surface area contributed by atoms with Gasteiger partial charge in [0.15, 0.2) is 0 Å². The van der Waals surface area contributed by atoms with Crippen molar-refractivity contribution in [3.63, 3.8) is 0 Å². The molecule has 5 nitrogen and oxygen atoms in total. The second-order valence-corrected chi connectivity index (χ2v) is 5.23. The number of carbonyl (C=O) groups is 1. The van der Waals surface area contributed by atoms with Crippen molar-refractivity contribution < 1.29 is 9.53 Å². The molecule has 20 heavy (non-hydrogen) atoms. The topological polar surface area (TPSA) is 67.9 Å². The third kappa shape index (κ3) is 2.20. The fourth-order valence-electron chi connectivity index (χ4n) is 2.00. The summed E-state index contributed by atoms with van der Waals surface area (Å²) in [6.45, 7) is 2.13. The number of fused-ring (bicyclic) bond motifs is 1. The molecule has 0 saturated heterocycles. The zero-order valence-corrected chi connectivity index (χ0v) is 12.0. The van der Waals surface area contributed by atoms with E-state index in [9.17, 15) is 4.79 Å². The molecule has 0 unspecified atom stereocenters. The first-order valence-electron chi connectivity index (χ1n) is 6.25. The molecule has 0 bridgehead atoms. The monoisotopic (exact) mass is 285 g/mol.